The highest BCUT2D eigenvalue weighted by molar-refractivity contribution is 5.90. The molecule has 0 aliphatic heterocycles. The molecular formula is C15H18N4O2. The van der Waals surface area contributed by atoms with Crippen LogP contribution in [-0.4, -0.2) is 20.6 Å². The highest BCUT2D eigenvalue weighted by Gasteiger charge is 2.22. The zero-order valence-corrected chi connectivity index (χ0v) is 11.6. The molecular weight excluding hydrogens is 268 g/mol. The molecule has 0 spiro atoms. The number of benzene rings is 1. The van der Waals surface area contributed by atoms with Crippen LogP contribution in [-0.2, 0) is 13.1 Å². The number of aromatic nitrogens is 2. The number of imidazole rings is 1. The summed E-state index contributed by atoms with van der Waals surface area (Å²) in [7, 11) is 0. The van der Waals surface area contributed by atoms with Crippen LogP contribution in [0.25, 0.3) is 0 Å². The molecule has 0 radical (unpaired) electrons. The molecule has 1 aliphatic carbocycles. The Balaban J connectivity index is 1.71. The monoisotopic (exact) mass is 286 g/mol. The lowest BCUT2D eigenvalue weighted by Gasteiger charge is -2.12. The van der Waals surface area contributed by atoms with E-state index in [-0.39, 0.29) is 5.56 Å². The second-order valence-electron chi connectivity index (χ2n) is 5.44. The molecule has 1 aliphatic rings. The molecule has 2 aromatic rings. The van der Waals surface area contributed by atoms with Gasteiger partial charge in [0.25, 0.3) is 0 Å². The number of nitrogens with two attached hydrogens (primary N) is 1. The number of nitrogens with zero attached hydrogens (tertiary/aromatic N) is 2. The van der Waals surface area contributed by atoms with Crippen LogP contribution in [0.3, 0.4) is 0 Å². The molecule has 110 valence electrons. The molecule has 6 nitrogen and oxygen atoms in total. The summed E-state index contributed by atoms with van der Waals surface area (Å²) in [6.07, 6.45) is 6.25. The summed E-state index contributed by atoms with van der Waals surface area (Å²) < 4.78 is 2.14. The molecule has 1 saturated carbocycles. The Bertz CT molecular complexity index is 661. The quantitative estimate of drug-likeness (QED) is 0.708. The van der Waals surface area contributed by atoms with E-state index < -0.39 is 5.97 Å². The van der Waals surface area contributed by atoms with E-state index in [0.29, 0.717) is 17.9 Å². The van der Waals surface area contributed by atoms with Crippen molar-refractivity contribution in [3.05, 3.63) is 42.0 Å². The van der Waals surface area contributed by atoms with Gasteiger partial charge in [0, 0.05) is 12.7 Å². The number of anilines is 2. The van der Waals surface area contributed by atoms with E-state index in [4.69, 9.17) is 10.8 Å². The van der Waals surface area contributed by atoms with E-state index >= 15 is 0 Å². The zero-order valence-electron chi connectivity index (χ0n) is 11.6. The van der Waals surface area contributed by atoms with E-state index in [1.54, 1.807) is 12.1 Å². The van der Waals surface area contributed by atoms with Crippen molar-refractivity contribution in [3.8, 4) is 0 Å². The van der Waals surface area contributed by atoms with Crippen molar-refractivity contribution in [3.63, 3.8) is 0 Å². The van der Waals surface area contributed by atoms with Gasteiger partial charge in [-0.1, -0.05) is 0 Å². The second-order valence-corrected chi connectivity index (χ2v) is 5.44. The Morgan fingerprint density at radius 3 is 3.00 bits per heavy atom. The number of nitrogens with one attached hydrogen (secondary N) is 1. The predicted molar refractivity (Wildman–Crippen MR) is 80.1 cm³/mol. The summed E-state index contributed by atoms with van der Waals surface area (Å²) >= 11 is 0. The molecule has 1 fully saturated rings. The molecule has 1 aromatic heterocycles. The number of hydrogen-bond donors (Lipinski definition) is 3. The fourth-order valence-corrected chi connectivity index (χ4v) is 2.27. The first-order chi connectivity index (χ1) is 10.1. The molecule has 3 rings (SSSR count). The van der Waals surface area contributed by atoms with Gasteiger partial charge in [-0.3, -0.25) is 0 Å². The van der Waals surface area contributed by atoms with E-state index in [2.05, 4.69) is 14.9 Å². The Kier molecular flexibility index (Phi) is 3.51. The standard InChI is InChI=1S/C15H18N4O2/c16-13-4-3-11(15(20)21)5-14(13)18-7-12-6-17-9-19(12)8-10-1-2-10/h3-6,9-10,18H,1-2,7-8,16H2,(H,20,21). The molecule has 6 heteroatoms. The maximum atomic E-state index is 11.0. The third-order valence-electron chi connectivity index (χ3n) is 3.71. The normalized spacial score (nSPS) is 14.1. The zero-order chi connectivity index (χ0) is 14.8. The van der Waals surface area contributed by atoms with Gasteiger partial charge in [0.05, 0.1) is 35.5 Å². The van der Waals surface area contributed by atoms with Gasteiger partial charge in [0.2, 0.25) is 0 Å². The maximum Gasteiger partial charge on any atom is 0.335 e. The van der Waals surface area contributed by atoms with Crippen molar-refractivity contribution in [1.29, 1.82) is 0 Å². The van der Waals surface area contributed by atoms with E-state index in [1.165, 1.54) is 18.9 Å². The predicted octanol–water partition coefficient (Wildman–Crippen LogP) is 2.19. The largest absolute Gasteiger partial charge is 0.478 e. The number of hydrogen-bond acceptors (Lipinski definition) is 4. The third-order valence-corrected chi connectivity index (χ3v) is 3.71. The topological polar surface area (TPSA) is 93.2 Å². The maximum absolute atomic E-state index is 11.0. The van der Waals surface area contributed by atoms with Gasteiger partial charge in [-0.15, -0.1) is 0 Å². The highest BCUT2D eigenvalue weighted by Crippen LogP contribution is 2.31. The molecule has 0 amide bonds. The van der Waals surface area contributed by atoms with Crippen molar-refractivity contribution >= 4 is 17.3 Å². The molecule has 1 aromatic carbocycles. The summed E-state index contributed by atoms with van der Waals surface area (Å²) in [5, 5.41) is 12.2. The summed E-state index contributed by atoms with van der Waals surface area (Å²) in [6, 6.07) is 4.66. The Labute approximate surface area is 122 Å². The van der Waals surface area contributed by atoms with Crippen molar-refractivity contribution in [2.45, 2.75) is 25.9 Å². The average molecular weight is 286 g/mol. The first kappa shape index (κ1) is 13.5. The number of carboxylic acid groups (broad SMARTS) is 1. The number of nitrogen functional groups attached to an aromatic ring is 1. The Morgan fingerprint density at radius 1 is 1.48 bits per heavy atom. The minimum atomic E-state index is -0.961. The summed E-state index contributed by atoms with van der Waals surface area (Å²) in [5.41, 5.74) is 8.34. The fourth-order valence-electron chi connectivity index (χ4n) is 2.27. The highest BCUT2D eigenvalue weighted by atomic mass is 16.4. The number of rotatable bonds is 6. The van der Waals surface area contributed by atoms with Gasteiger partial charge in [-0.05, 0) is 37.0 Å². The molecule has 0 saturated heterocycles. The first-order valence-electron chi connectivity index (χ1n) is 6.99. The van der Waals surface area contributed by atoms with Crippen LogP contribution in [0.15, 0.2) is 30.7 Å². The lowest BCUT2D eigenvalue weighted by molar-refractivity contribution is 0.0697. The van der Waals surface area contributed by atoms with Crippen molar-refractivity contribution < 1.29 is 9.90 Å². The van der Waals surface area contributed by atoms with E-state index in [0.717, 1.165) is 18.2 Å². The molecule has 21 heavy (non-hydrogen) atoms. The van der Waals surface area contributed by atoms with Gasteiger partial charge in [0.1, 0.15) is 0 Å². The van der Waals surface area contributed by atoms with Gasteiger partial charge in [0.15, 0.2) is 0 Å². The van der Waals surface area contributed by atoms with Gasteiger partial charge in [-0.2, -0.15) is 0 Å². The average Bonchev–Trinajstić information content (AvgIpc) is 3.16. The Hall–Kier alpha value is -2.50. The number of carboxylic acids is 1. The number of carbonyl (C=O) groups is 1. The van der Waals surface area contributed by atoms with Crippen LogP contribution in [0.4, 0.5) is 11.4 Å². The van der Waals surface area contributed by atoms with Gasteiger partial charge >= 0.3 is 5.97 Å². The van der Waals surface area contributed by atoms with E-state index in [9.17, 15) is 4.79 Å². The van der Waals surface area contributed by atoms with Gasteiger partial charge in [-0.25, -0.2) is 9.78 Å². The molecule has 1 heterocycles. The van der Waals surface area contributed by atoms with Gasteiger partial charge < -0.3 is 20.7 Å². The van der Waals surface area contributed by atoms with E-state index in [1.807, 2.05) is 12.5 Å². The van der Waals surface area contributed by atoms with Crippen LogP contribution >= 0.6 is 0 Å². The third kappa shape index (κ3) is 3.16. The van der Waals surface area contributed by atoms with Crippen LogP contribution in [0.1, 0.15) is 28.9 Å². The SMILES string of the molecule is Nc1ccc(C(=O)O)cc1NCc1cncn1CC1CC1. The molecule has 4 N–H and O–H groups in total. The first-order valence-corrected chi connectivity index (χ1v) is 6.99. The van der Waals surface area contributed by atoms with Crippen LogP contribution in [0.5, 0.6) is 0 Å². The van der Waals surface area contributed by atoms with Crippen LogP contribution in [0, 0.1) is 5.92 Å². The fraction of sp³-hybridized carbons (Fsp3) is 0.333. The minimum absolute atomic E-state index is 0.221. The van der Waals surface area contributed by atoms with Crippen LogP contribution in [0.2, 0.25) is 0 Å². The smallest absolute Gasteiger partial charge is 0.335 e. The van der Waals surface area contributed by atoms with Crippen molar-refractivity contribution in [1.82, 2.24) is 9.55 Å². The summed E-state index contributed by atoms with van der Waals surface area (Å²) in [4.78, 5) is 15.2. The molecule has 0 atom stereocenters. The molecule has 0 unspecified atom stereocenters. The lowest BCUT2D eigenvalue weighted by Crippen LogP contribution is -2.10. The summed E-state index contributed by atoms with van der Waals surface area (Å²) in [5.74, 6) is -0.185. The van der Waals surface area contributed by atoms with Crippen molar-refractivity contribution in [2.24, 2.45) is 5.92 Å². The Morgan fingerprint density at radius 2 is 2.29 bits per heavy atom. The lowest BCUT2D eigenvalue weighted by atomic mass is 10.1. The van der Waals surface area contributed by atoms with Crippen molar-refractivity contribution in [2.75, 3.05) is 11.1 Å². The summed E-state index contributed by atoms with van der Waals surface area (Å²) in [6.45, 7) is 1.57. The second kappa shape index (κ2) is 5.47. The molecule has 0 bridgehead atoms. The number of aromatic carboxylic acids is 1. The minimum Gasteiger partial charge on any atom is -0.478 e. The van der Waals surface area contributed by atoms with Crippen LogP contribution < -0.4 is 11.1 Å².